The van der Waals surface area contributed by atoms with Crippen LogP contribution in [-0.4, -0.2) is 104 Å². The maximum absolute atomic E-state index is 13.2. The number of rotatable bonds is 12. The lowest BCUT2D eigenvalue weighted by molar-refractivity contribution is -0.119. The summed E-state index contributed by atoms with van der Waals surface area (Å²) in [4.78, 5) is 38.4. The van der Waals surface area contributed by atoms with Crippen molar-refractivity contribution in [3.05, 3.63) is 70.0 Å². The Morgan fingerprint density at radius 2 is 1.11 bits per heavy atom. The first-order chi connectivity index (χ1) is 29.7. The normalized spacial score (nSPS) is 21.2. The van der Waals surface area contributed by atoms with Crippen LogP contribution in [0.15, 0.2) is 36.4 Å². The quantitative estimate of drug-likeness (QED) is 0.158. The molecule has 0 spiro atoms. The molecule has 5 aliphatic rings. The minimum atomic E-state index is -3.48. The van der Waals surface area contributed by atoms with E-state index >= 15 is 0 Å². The third kappa shape index (κ3) is 9.01. The van der Waals surface area contributed by atoms with Crippen LogP contribution >= 0.6 is 0 Å². The van der Waals surface area contributed by atoms with Crippen molar-refractivity contribution in [1.29, 1.82) is 0 Å². The van der Waals surface area contributed by atoms with E-state index in [-0.39, 0.29) is 35.3 Å². The number of benzene rings is 2. The number of ketones is 1. The zero-order valence-corrected chi connectivity index (χ0v) is 37.9. The molecule has 62 heavy (non-hydrogen) atoms. The van der Waals surface area contributed by atoms with E-state index < -0.39 is 26.0 Å². The highest BCUT2D eigenvalue weighted by Crippen LogP contribution is 2.42. The standard InChI is InChI=1S/C27H36N2O5S.C20H25NO5S/c1-3-35(32,33)29-25-8-6-20(19-10-12-34-13-11-19)15-23(25)24-16-21(7-9-26(24)29)27(31)28(2)17-22(30)14-18-4-5-18;1-2-27(24,25)21-18-5-3-14(13-7-9-26-10-8-13)11-16(18)17-12-15(20(22)23)4-6-19(17)21/h7,9,16,18-20H,3-6,8,10-15,17H2,1-2H3;4,6,12-14H,2-3,5,7-11H2,1H3,(H,22,23). The van der Waals surface area contributed by atoms with Gasteiger partial charge in [0, 0.05) is 67.6 Å². The van der Waals surface area contributed by atoms with Gasteiger partial charge in [0.15, 0.2) is 5.78 Å². The smallest absolute Gasteiger partial charge is 0.335 e. The van der Waals surface area contributed by atoms with Gasteiger partial charge in [-0.15, -0.1) is 0 Å². The number of ether oxygens (including phenoxy) is 2. The number of carboxylic acids is 1. The van der Waals surface area contributed by atoms with Gasteiger partial charge in [-0.05, 0) is 168 Å². The third-order valence-corrected chi connectivity index (χ3v) is 17.7. The summed E-state index contributed by atoms with van der Waals surface area (Å²) in [5, 5.41) is 11.0. The Balaban J connectivity index is 0.000000176. The topological polar surface area (TPSA) is 171 Å². The largest absolute Gasteiger partial charge is 0.478 e. The van der Waals surface area contributed by atoms with Crippen LogP contribution in [-0.2, 0) is 60.0 Å². The van der Waals surface area contributed by atoms with Gasteiger partial charge in [0.05, 0.1) is 34.6 Å². The van der Waals surface area contributed by atoms with Gasteiger partial charge in [0.1, 0.15) is 0 Å². The molecular weight excluding hydrogens is 831 g/mol. The average molecular weight is 892 g/mol. The minimum Gasteiger partial charge on any atom is -0.478 e. The second-order valence-electron chi connectivity index (χ2n) is 18.2. The van der Waals surface area contributed by atoms with Crippen LogP contribution < -0.4 is 0 Å². The number of carboxylic acid groups (broad SMARTS) is 1. The Kier molecular flexibility index (Phi) is 13.1. The molecule has 2 saturated heterocycles. The number of fused-ring (bicyclic) bond motifs is 6. The monoisotopic (exact) mass is 891 g/mol. The summed E-state index contributed by atoms with van der Waals surface area (Å²) in [6, 6.07) is 10.1. The number of carbonyl (C=O) groups excluding carboxylic acids is 2. The maximum atomic E-state index is 13.2. The Labute approximate surface area is 365 Å². The number of nitrogens with zero attached hydrogens (tertiary/aromatic N) is 3. The molecule has 0 radical (unpaired) electrons. The van der Waals surface area contributed by atoms with Crippen LogP contribution in [0, 0.1) is 29.6 Å². The fraction of sp³-hybridized carbons (Fsp3) is 0.596. The van der Waals surface area contributed by atoms with Gasteiger partial charge < -0.3 is 19.5 Å². The number of aromatic carboxylic acids is 1. The van der Waals surface area contributed by atoms with Crippen LogP contribution in [0.2, 0.25) is 0 Å². The van der Waals surface area contributed by atoms with Gasteiger partial charge in [0.2, 0.25) is 20.0 Å². The predicted molar refractivity (Wildman–Crippen MR) is 238 cm³/mol. The van der Waals surface area contributed by atoms with Gasteiger partial charge >= 0.3 is 5.97 Å². The first-order valence-corrected chi connectivity index (χ1v) is 25.9. The molecule has 4 aromatic rings. The molecule has 15 heteroatoms. The van der Waals surface area contributed by atoms with E-state index in [2.05, 4.69) is 0 Å². The molecule has 2 unspecified atom stereocenters. The lowest BCUT2D eigenvalue weighted by Gasteiger charge is -2.33. The predicted octanol–water partition coefficient (Wildman–Crippen LogP) is 6.88. The Hall–Kier alpha value is -4.05. The van der Waals surface area contributed by atoms with Crippen molar-refractivity contribution in [2.45, 2.75) is 97.3 Å². The molecular formula is C47H61N3O10S2. The molecule has 4 heterocycles. The Morgan fingerprint density at radius 1 is 0.661 bits per heavy atom. The molecule has 0 bridgehead atoms. The molecule has 9 rings (SSSR count). The van der Waals surface area contributed by atoms with Crippen LogP contribution in [0.5, 0.6) is 0 Å². The zero-order valence-electron chi connectivity index (χ0n) is 36.3. The first-order valence-electron chi connectivity index (χ1n) is 22.7. The summed E-state index contributed by atoms with van der Waals surface area (Å²) in [5.74, 6) is 1.63. The number of likely N-dealkylation sites (N-methyl/N-ethyl adjacent to an activating group) is 1. The lowest BCUT2D eigenvalue weighted by Crippen LogP contribution is -2.32. The highest BCUT2D eigenvalue weighted by atomic mass is 32.2. The summed E-state index contributed by atoms with van der Waals surface area (Å²) in [6.07, 6.45) is 12.0. The molecule has 2 atom stereocenters. The number of hydrogen-bond donors (Lipinski definition) is 1. The van der Waals surface area contributed by atoms with Crippen molar-refractivity contribution in [2.24, 2.45) is 29.6 Å². The van der Waals surface area contributed by atoms with Gasteiger partial charge in [-0.25, -0.2) is 29.6 Å². The second-order valence-corrected chi connectivity index (χ2v) is 22.4. The first kappa shape index (κ1) is 44.6. The summed E-state index contributed by atoms with van der Waals surface area (Å²) in [6.45, 7) is 6.61. The van der Waals surface area contributed by atoms with Gasteiger partial charge in [-0.3, -0.25) is 9.59 Å². The molecule has 3 aliphatic carbocycles. The Morgan fingerprint density at radius 3 is 1.55 bits per heavy atom. The minimum absolute atomic E-state index is 0.0211. The molecule has 2 aliphatic heterocycles. The summed E-state index contributed by atoms with van der Waals surface area (Å²) in [5.41, 5.74) is 5.79. The van der Waals surface area contributed by atoms with Gasteiger partial charge in [-0.2, -0.15) is 0 Å². The van der Waals surface area contributed by atoms with Crippen LogP contribution in [0.1, 0.15) is 115 Å². The maximum Gasteiger partial charge on any atom is 0.335 e. The van der Waals surface area contributed by atoms with Crippen molar-refractivity contribution < 1.29 is 45.8 Å². The molecule has 1 N–H and O–H groups in total. The number of Topliss-reactive ketones (excluding diaryl/α,β-unsaturated/α-hetero) is 1. The van der Waals surface area contributed by atoms with Crippen molar-refractivity contribution in [1.82, 2.24) is 12.8 Å². The third-order valence-electron chi connectivity index (χ3n) is 14.3. The molecule has 1 saturated carbocycles. The number of amides is 1. The zero-order chi connectivity index (χ0) is 43.9. The Bertz CT molecular complexity index is 2580. The fourth-order valence-corrected chi connectivity index (χ4v) is 13.2. The highest BCUT2D eigenvalue weighted by molar-refractivity contribution is 7.90. The van der Waals surface area contributed by atoms with Crippen molar-refractivity contribution in [3.8, 4) is 0 Å². The van der Waals surface area contributed by atoms with Gasteiger partial charge in [0.25, 0.3) is 5.91 Å². The van der Waals surface area contributed by atoms with Crippen LogP contribution in [0.25, 0.3) is 21.8 Å². The van der Waals surface area contributed by atoms with Gasteiger partial charge in [-0.1, -0.05) is 0 Å². The van der Waals surface area contributed by atoms with E-state index in [4.69, 9.17) is 9.47 Å². The molecule has 1 amide bonds. The molecule has 13 nitrogen and oxygen atoms in total. The fourth-order valence-electron chi connectivity index (χ4n) is 10.7. The molecule has 2 aromatic heterocycles. The molecule has 336 valence electrons. The van der Waals surface area contributed by atoms with Crippen LogP contribution in [0.4, 0.5) is 0 Å². The number of carbonyl (C=O) groups is 3. The highest BCUT2D eigenvalue weighted by Gasteiger charge is 2.36. The summed E-state index contributed by atoms with van der Waals surface area (Å²) >= 11 is 0. The lowest BCUT2D eigenvalue weighted by atomic mass is 9.75. The summed E-state index contributed by atoms with van der Waals surface area (Å²) < 4.78 is 65.8. The van der Waals surface area contributed by atoms with E-state index in [1.807, 2.05) is 6.07 Å². The number of aromatic nitrogens is 2. The van der Waals surface area contributed by atoms with E-state index in [1.165, 1.54) is 18.9 Å². The SMILES string of the molecule is CCS(=O)(=O)n1c2c(c3cc(C(=O)N(C)CC(=O)CC4CC4)ccc31)CC(C1CCOCC1)CC2.CCS(=O)(=O)n1c2c(c3cc(C(=O)O)ccc31)CC(C1CCOCC1)CC2. The van der Waals surface area contributed by atoms with E-state index in [9.17, 15) is 36.3 Å². The second kappa shape index (κ2) is 18.2. The van der Waals surface area contributed by atoms with Crippen LogP contribution in [0.3, 0.4) is 0 Å². The van der Waals surface area contributed by atoms with E-state index in [1.54, 1.807) is 45.2 Å². The molecule has 2 aromatic carbocycles. The van der Waals surface area contributed by atoms with E-state index in [0.29, 0.717) is 59.0 Å². The average Bonchev–Trinajstić information content (AvgIpc) is 3.95. The van der Waals surface area contributed by atoms with Crippen molar-refractivity contribution in [2.75, 3.05) is 51.5 Å². The van der Waals surface area contributed by atoms with Crippen molar-refractivity contribution >= 4 is 59.5 Å². The van der Waals surface area contributed by atoms with Crippen molar-refractivity contribution in [3.63, 3.8) is 0 Å². The summed E-state index contributed by atoms with van der Waals surface area (Å²) in [7, 11) is -5.26. The molecule has 3 fully saturated rings. The number of hydrogen-bond acceptors (Lipinski definition) is 9. The van der Waals surface area contributed by atoms with E-state index in [0.717, 1.165) is 130 Å².